The van der Waals surface area contributed by atoms with E-state index in [0.29, 0.717) is 46.0 Å². The summed E-state index contributed by atoms with van der Waals surface area (Å²) in [5, 5.41) is 9.07. The molecule has 12 heteroatoms. The highest BCUT2D eigenvalue weighted by atomic mass is 32.1. The van der Waals surface area contributed by atoms with Crippen molar-refractivity contribution in [1.82, 2.24) is 19.9 Å². The van der Waals surface area contributed by atoms with Gasteiger partial charge in [0.05, 0.1) is 29.9 Å². The maximum absolute atomic E-state index is 13.4. The van der Waals surface area contributed by atoms with E-state index in [-0.39, 0.29) is 11.9 Å². The van der Waals surface area contributed by atoms with Gasteiger partial charge >= 0.3 is 0 Å². The molecule has 1 saturated heterocycles. The topological polar surface area (TPSA) is 142 Å². The Morgan fingerprint density at radius 1 is 1.18 bits per heavy atom. The Morgan fingerprint density at radius 2 is 2.05 bits per heavy atom. The van der Waals surface area contributed by atoms with Crippen LogP contribution in [0.2, 0.25) is 0 Å². The molecule has 3 aromatic heterocycles. The van der Waals surface area contributed by atoms with Crippen molar-refractivity contribution >= 4 is 63.0 Å². The Kier molecular flexibility index (Phi) is 6.12. The Labute approximate surface area is 223 Å². The van der Waals surface area contributed by atoms with Gasteiger partial charge in [-0.15, -0.1) is 11.3 Å². The van der Waals surface area contributed by atoms with Crippen molar-refractivity contribution in [3.63, 3.8) is 0 Å². The summed E-state index contributed by atoms with van der Waals surface area (Å²) in [5.41, 5.74) is 9.32. The molecule has 1 fully saturated rings. The molecule has 6 rings (SSSR count). The van der Waals surface area contributed by atoms with E-state index in [0.717, 1.165) is 42.4 Å². The standard InChI is InChI=1S/C26H28N8O3S/c1-33-9-3-4-18(33)25(36)34-10-6-14-12-20(37-2)17(13-19(14)34)30-26-31-23-15(5-8-28-23)24(32-26)29-16-7-11-38-21(16)22(27)35/h5,7-8,11-13,18H,3-4,6,9-10H2,1-2H3,(H2,27,35)(H3,28,29,30,31,32)/t18-/m0/s1. The van der Waals surface area contributed by atoms with Crippen molar-refractivity contribution in [2.75, 3.05) is 42.8 Å². The number of nitrogens with one attached hydrogen (secondary N) is 3. The number of nitrogens with zero attached hydrogens (tertiary/aromatic N) is 4. The fourth-order valence-electron chi connectivity index (χ4n) is 5.25. The van der Waals surface area contributed by atoms with Crippen LogP contribution in [0.3, 0.4) is 0 Å². The van der Waals surface area contributed by atoms with Crippen LogP contribution >= 0.6 is 11.3 Å². The van der Waals surface area contributed by atoms with Crippen LogP contribution in [-0.4, -0.2) is 65.0 Å². The number of likely N-dealkylation sites (tertiary alicyclic amines) is 1. The third-order valence-electron chi connectivity index (χ3n) is 7.17. The predicted octanol–water partition coefficient (Wildman–Crippen LogP) is 3.60. The number of fused-ring (bicyclic) bond motifs is 2. The van der Waals surface area contributed by atoms with Crippen molar-refractivity contribution in [1.29, 1.82) is 0 Å². The number of likely N-dealkylation sites (N-methyl/N-ethyl adjacent to an activating group) is 1. The molecule has 2 aliphatic heterocycles. The van der Waals surface area contributed by atoms with Crippen LogP contribution < -0.4 is 26.0 Å². The quantitative estimate of drug-likeness (QED) is 0.283. The first-order chi connectivity index (χ1) is 18.4. The zero-order chi connectivity index (χ0) is 26.4. The zero-order valence-electron chi connectivity index (χ0n) is 21.1. The highest BCUT2D eigenvalue weighted by Crippen LogP contribution is 2.39. The number of anilines is 5. The number of hydrogen-bond acceptors (Lipinski definition) is 9. The SMILES string of the molecule is COc1cc2c(cc1Nc1nc(Nc3ccsc3C(N)=O)c3cc[nH]c3n1)N(C(=O)[C@@H]1CCCN1C)CC2. The van der Waals surface area contributed by atoms with Crippen molar-refractivity contribution in [3.8, 4) is 5.75 Å². The van der Waals surface area contributed by atoms with Gasteiger partial charge in [0.15, 0.2) is 0 Å². The van der Waals surface area contributed by atoms with Crippen LogP contribution in [-0.2, 0) is 11.2 Å². The Balaban J connectivity index is 1.34. The lowest BCUT2D eigenvalue weighted by atomic mass is 10.1. The minimum atomic E-state index is -0.508. The third kappa shape index (κ3) is 4.21. The molecule has 11 nitrogen and oxygen atoms in total. The highest BCUT2D eigenvalue weighted by Gasteiger charge is 2.35. The van der Waals surface area contributed by atoms with Gasteiger partial charge in [-0.05, 0) is 68.1 Å². The van der Waals surface area contributed by atoms with Gasteiger partial charge in [0.1, 0.15) is 22.1 Å². The first kappa shape index (κ1) is 24.2. The number of thiophene rings is 1. The van der Waals surface area contributed by atoms with E-state index in [1.807, 2.05) is 30.1 Å². The second-order valence-corrected chi connectivity index (χ2v) is 10.4. The van der Waals surface area contributed by atoms with Crippen LogP contribution in [0.5, 0.6) is 5.75 Å². The molecular formula is C26H28N8O3S. The summed E-state index contributed by atoms with van der Waals surface area (Å²) in [6.07, 6.45) is 4.46. The van der Waals surface area contributed by atoms with Gasteiger partial charge in [-0.25, -0.2) is 0 Å². The number of aromatic nitrogens is 3. The van der Waals surface area contributed by atoms with E-state index in [4.69, 9.17) is 15.5 Å². The molecule has 38 heavy (non-hydrogen) atoms. The van der Waals surface area contributed by atoms with Crippen LogP contribution in [0.15, 0.2) is 35.8 Å². The molecule has 196 valence electrons. The summed E-state index contributed by atoms with van der Waals surface area (Å²) in [7, 11) is 3.62. The average Bonchev–Trinajstić information content (AvgIpc) is 3.70. The van der Waals surface area contributed by atoms with Crippen molar-refractivity contribution < 1.29 is 14.3 Å². The highest BCUT2D eigenvalue weighted by molar-refractivity contribution is 7.12. The first-order valence-electron chi connectivity index (χ1n) is 12.4. The monoisotopic (exact) mass is 532 g/mol. The molecule has 0 radical (unpaired) electrons. The molecule has 0 spiro atoms. The number of benzene rings is 1. The van der Waals surface area contributed by atoms with Crippen LogP contribution in [0.25, 0.3) is 11.0 Å². The molecule has 0 aliphatic carbocycles. The Hall–Kier alpha value is -4.16. The van der Waals surface area contributed by atoms with E-state index < -0.39 is 5.91 Å². The Bertz CT molecular complexity index is 1550. The number of aromatic amines is 1. The maximum atomic E-state index is 13.4. The number of primary amides is 1. The summed E-state index contributed by atoms with van der Waals surface area (Å²) < 4.78 is 5.68. The third-order valence-corrected chi connectivity index (χ3v) is 8.10. The minimum absolute atomic E-state index is 0.0888. The van der Waals surface area contributed by atoms with E-state index >= 15 is 0 Å². The largest absolute Gasteiger partial charge is 0.495 e. The van der Waals surface area contributed by atoms with Crippen molar-refractivity contribution in [2.45, 2.75) is 25.3 Å². The number of ether oxygens (including phenoxy) is 1. The molecular weight excluding hydrogens is 504 g/mol. The fourth-order valence-corrected chi connectivity index (χ4v) is 5.95. The van der Waals surface area contributed by atoms with Crippen LogP contribution in [0.1, 0.15) is 28.1 Å². The number of nitrogens with two attached hydrogens (primary N) is 1. The lowest BCUT2D eigenvalue weighted by Crippen LogP contribution is -2.43. The summed E-state index contributed by atoms with van der Waals surface area (Å²) in [4.78, 5) is 42.1. The molecule has 4 aromatic rings. The number of amides is 2. The van der Waals surface area contributed by atoms with Crippen molar-refractivity contribution in [3.05, 3.63) is 46.3 Å². The van der Waals surface area contributed by atoms with Gasteiger partial charge in [-0.1, -0.05) is 0 Å². The fraction of sp³-hybridized carbons (Fsp3) is 0.308. The summed E-state index contributed by atoms with van der Waals surface area (Å²) in [6, 6.07) is 7.47. The molecule has 0 bridgehead atoms. The van der Waals surface area contributed by atoms with E-state index in [1.54, 1.807) is 24.8 Å². The van der Waals surface area contributed by atoms with E-state index in [1.165, 1.54) is 11.3 Å². The predicted molar refractivity (Wildman–Crippen MR) is 148 cm³/mol. The van der Waals surface area contributed by atoms with E-state index in [2.05, 4.69) is 25.5 Å². The van der Waals surface area contributed by atoms with Crippen LogP contribution in [0.4, 0.5) is 28.8 Å². The zero-order valence-corrected chi connectivity index (χ0v) is 21.9. The molecule has 1 aromatic carbocycles. The van der Waals surface area contributed by atoms with Crippen molar-refractivity contribution in [2.24, 2.45) is 5.73 Å². The Morgan fingerprint density at radius 3 is 2.82 bits per heavy atom. The van der Waals surface area contributed by atoms with Gasteiger partial charge in [0, 0.05) is 18.4 Å². The molecule has 0 unspecified atom stereocenters. The molecule has 0 saturated carbocycles. The molecule has 2 aliphatic rings. The molecule has 1 atom stereocenters. The number of methoxy groups -OCH3 is 1. The van der Waals surface area contributed by atoms with Gasteiger partial charge < -0.3 is 31.0 Å². The van der Waals surface area contributed by atoms with Gasteiger partial charge in [0.25, 0.3) is 5.91 Å². The number of hydrogen-bond donors (Lipinski definition) is 4. The second kappa shape index (κ2) is 9.62. The summed E-state index contributed by atoms with van der Waals surface area (Å²) in [5.74, 6) is 1.10. The summed E-state index contributed by atoms with van der Waals surface area (Å²) in [6.45, 7) is 1.58. The number of carbonyl (C=O) groups is 2. The van der Waals surface area contributed by atoms with Gasteiger partial charge in [0.2, 0.25) is 11.9 Å². The van der Waals surface area contributed by atoms with Gasteiger partial charge in [-0.3, -0.25) is 14.5 Å². The number of H-pyrrole nitrogens is 1. The molecule has 2 amide bonds. The number of carbonyl (C=O) groups excluding carboxylic acids is 2. The summed E-state index contributed by atoms with van der Waals surface area (Å²) >= 11 is 1.26. The number of rotatable bonds is 7. The molecule has 5 N–H and O–H groups in total. The maximum Gasteiger partial charge on any atom is 0.260 e. The van der Waals surface area contributed by atoms with Gasteiger partial charge in [-0.2, -0.15) is 9.97 Å². The normalized spacial score (nSPS) is 17.1. The lowest BCUT2D eigenvalue weighted by Gasteiger charge is -2.26. The molecule has 5 heterocycles. The lowest BCUT2D eigenvalue weighted by molar-refractivity contribution is -0.122. The average molecular weight is 533 g/mol. The van der Waals surface area contributed by atoms with Crippen LogP contribution in [0, 0.1) is 0 Å². The van der Waals surface area contributed by atoms with E-state index in [9.17, 15) is 9.59 Å². The first-order valence-corrected chi connectivity index (χ1v) is 13.3. The smallest absolute Gasteiger partial charge is 0.260 e. The minimum Gasteiger partial charge on any atom is -0.495 e. The second-order valence-electron chi connectivity index (χ2n) is 9.47.